The summed E-state index contributed by atoms with van der Waals surface area (Å²) in [6.07, 6.45) is 3.83. The molecule has 1 amide bonds. The molecular weight excluding hydrogens is 264 g/mol. The molecule has 1 saturated carbocycles. The van der Waals surface area contributed by atoms with Crippen molar-refractivity contribution < 1.29 is 4.79 Å². The molecule has 0 spiro atoms. The van der Waals surface area contributed by atoms with E-state index in [1.807, 2.05) is 13.1 Å². The summed E-state index contributed by atoms with van der Waals surface area (Å²) in [5.41, 5.74) is 1.52. The zero-order chi connectivity index (χ0) is 13.4. The van der Waals surface area contributed by atoms with Gasteiger partial charge in [-0.25, -0.2) is 4.98 Å². The summed E-state index contributed by atoms with van der Waals surface area (Å²) in [6.45, 7) is 0. The monoisotopic (exact) mass is 276 g/mol. The van der Waals surface area contributed by atoms with Crippen LogP contribution in [0.5, 0.6) is 0 Å². The SMILES string of the molecule is Cn1nc(C2CC2)cc1NC(=O)c1ccc(Cl)nc1. The van der Waals surface area contributed by atoms with E-state index >= 15 is 0 Å². The van der Waals surface area contributed by atoms with Crippen LogP contribution in [0.25, 0.3) is 0 Å². The van der Waals surface area contributed by atoms with Crippen molar-refractivity contribution in [3.63, 3.8) is 0 Å². The molecule has 0 radical (unpaired) electrons. The number of pyridine rings is 1. The predicted molar refractivity (Wildman–Crippen MR) is 72.4 cm³/mol. The van der Waals surface area contributed by atoms with Crippen LogP contribution < -0.4 is 5.32 Å². The van der Waals surface area contributed by atoms with Gasteiger partial charge in [-0.1, -0.05) is 11.6 Å². The molecule has 2 heterocycles. The first-order chi connectivity index (χ1) is 9.13. The van der Waals surface area contributed by atoms with Gasteiger partial charge in [0.2, 0.25) is 0 Å². The molecule has 0 aliphatic heterocycles. The van der Waals surface area contributed by atoms with Crippen LogP contribution in [0.4, 0.5) is 5.82 Å². The van der Waals surface area contributed by atoms with Gasteiger partial charge in [-0.3, -0.25) is 9.48 Å². The molecule has 5 nitrogen and oxygen atoms in total. The number of nitrogens with one attached hydrogen (secondary N) is 1. The summed E-state index contributed by atoms with van der Waals surface area (Å²) in [5.74, 6) is 1.05. The number of aromatic nitrogens is 3. The third-order valence-corrected chi connectivity index (χ3v) is 3.35. The number of rotatable bonds is 3. The number of amides is 1. The molecule has 2 aromatic rings. The van der Waals surface area contributed by atoms with E-state index in [0.717, 1.165) is 5.69 Å². The Morgan fingerprint density at radius 2 is 2.26 bits per heavy atom. The zero-order valence-electron chi connectivity index (χ0n) is 10.4. The quantitative estimate of drug-likeness (QED) is 0.877. The first-order valence-corrected chi connectivity index (χ1v) is 6.48. The molecule has 3 rings (SSSR count). The number of carbonyl (C=O) groups is 1. The van der Waals surface area contributed by atoms with E-state index in [2.05, 4.69) is 15.4 Å². The van der Waals surface area contributed by atoms with Gasteiger partial charge < -0.3 is 5.32 Å². The van der Waals surface area contributed by atoms with Crippen molar-refractivity contribution in [3.8, 4) is 0 Å². The Morgan fingerprint density at radius 1 is 1.47 bits per heavy atom. The molecule has 1 N–H and O–H groups in total. The summed E-state index contributed by atoms with van der Waals surface area (Å²) in [5, 5.41) is 7.59. The van der Waals surface area contributed by atoms with Crippen molar-refractivity contribution in [2.75, 3.05) is 5.32 Å². The highest BCUT2D eigenvalue weighted by atomic mass is 35.5. The van der Waals surface area contributed by atoms with E-state index in [1.54, 1.807) is 16.8 Å². The Hall–Kier alpha value is -1.88. The normalized spacial score (nSPS) is 14.4. The lowest BCUT2D eigenvalue weighted by atomic mass is 10.2. The third-order valence-electron chi connectivity index (χ3n) is 3.13. The maximum absolute atomic E-state index is 12.0. The summed E-state index contributed by atoms with van der Waals surface area (Å²) in [6, 6.07) is 5.16. The number of hydrogen-bond donors (Lipinski definition) is 1. The van der Waals surface area contributed by atoms with Gasteiger partial charge >= 0.3 is 0 Å². The van der Waals surface area contributed by atoms with Gasteiger partial charge in [-0.2, -0.15) is 5.10 Å². The first kappa shape index (κ1) is 12.2. The van der Waals surface area contributed by atoms with Crippen LogP contribution in [0.3, 0.4) is 0 Å². The summed E-state index contributed by atoms with van der Waals surface area (Å²) in [4.78, 5) is 15.9. The van der Waals surface area contributed by atoms with Crippen LogP contribution in [0, 0.1) is 0 Å². The second kappa shape index (κ2) is 4.66. The molecule has 98 valence electrons. The highest BCUT2D eigenvalue weighted by molar-refractivity contribution is 6.29. The Labute approximate surface area is 115 Å². The Balaban J connectivity index is 1.77. The van der Waals surface area contributed by atoms with Crippen LogP contribution in [0.2, 0.25) is 5.15 Å². The molecule has 1 aliphatic carbocycles. The van der Waals surface area contributed by atoms with E-state index in [9.17, 15) is 4.79 Å². The number of carbonyl (C=O) groups excluding carboxylic acids is 1. The van der Waals surface area contributed by atoms with Crippen LogP contribution >= 0.6 is 11.6 Å². The fraction of sp³-hybridized carbons (Fsp3) is 0.308. The van der Waals surface area contributed by atoms with Crippen LogP contribution in [-0.2, 0) is 7.05 Å². The van der Waals surface area contributed by atoms with Crippen molar-refractivity contribution in [1.29, 1.82) is 0 Å². The smallest absolute Gasteiger partial charge is 0.258 e. The first-order valence-electron chi connectivity index (χ1n) is 6.10. The molecule has 2 aromatic heterocycles. The molecule has 1 fully saturated rings. The van der Waals surface area contributed by atoms with Crippen LogP contribution in [0.15, 0.2) is 24.4 Å². The lowest BCUT2D eigenvalue weighted by Crippen LogP contribution is -2.14. The third kappa shape index (κ3) is 2.61. The minimum Gasteiger partial charge on any atom is -0.307 e. The summed E-state index contributed by atoms with van der Waals surface area (Å²) < 4.78 is 1.69. The van der Waals surface area contributed by atoms with Crippen LogP contribution in [-0.4, -0.2) is 20.7 Å². The Bertz CT molecular complexity index is 616. The average molecular weight is 277 g/mol. The largest absolute Gasteiger partial charge is 0.307 e. The predicted octanol–water partition coefficient (Wildman–Crippen LogP) is 2.60. The minimum absolute atomic E-state index is 0.213. The minimum atomic E-state index is -0.213. The van der Waals surface area contributed by atoms with Gasteiger partial charge in [0.05, 0.1) is 11.3 Å². The molecular formula is C13H13ClN4O. The van der Waals surface area contributed by atoms with E-state index < -0.39 is 0 Å². The zero-order valence-corrected chi connectivity index (χ0v) is 11.2. The van der Waals surface area contributed by atoms with Crippen molar-refractivity contribution in [3.05, 3.63) is 40.8 Å². The maximum atomic E-state index is 12.0. The maximum Gasteiger partial charge on any atom is 0.258 e. The van der Waals surface area contributed by atoms with E-state index in [0.29, 0.717) is 22.5 Å². The fourth-order valence-electron chi connectivity index (χ4n) is 1.88. The lowest BCUT2D eigenvalue weighted by molar-refractivity contribution is 0.102. The molecule has 0 aromatic carbocycles. The standard InChI is InChI=1S/C13H13ClN4O/c1-18-12(6-10(17-18)8-2-3-8)16-13(19)9-4-5-11(14)15-7-9/h4-8H,2-3H2,1H3,(H,16,19). The molecule has 0 unspecified atom stereocenters. The van der Waals surface area contributed by atoms with E-state index in [1.165, 1.54) is 19.0 Å². The summed E-state index contributed by atoms with van der Waals surface area (Å²) >= 11 is 5.69. The van der Waals surface area contributed by atoms with E-state index in [4.69, 9.17) is 11.6 Å². The van der Waals surface area contributed by atoms with Gasteiger partial charge in [0.15, 0.2) is 0 Å². The lowest BCUT2D eigenvalue weighted by Gasteiger charge is -2.04. The Kier molecular flexibility index (Phi) is 2.98. The second-order valence-corrected chi connectivity index (χ2v) is 5.06. The average Bonchev–Trinajstić information content (AvgIpc) is 3.17. The molecule has 19 heavy (non-hydrogen) atoms. The van der Waals surface area contributed by atoms with Gasteiger partial charge in [0, 0.05) is 25.2 Å². The van der Waals surface area contributed by atoms with Gasteiger partial charge in [-0.15, -0.1) is 0 Å². The number of hydrogen-bond acceptors (Lipinski definition) is 3. The highest BCUT2D eigenvalue weighted by Gasteiger charge is 2.27. The second-order valence-electron chi connectivity index (χ2n) is 4.68. The van der Waals surface area contributed by atoms with Gasteiger partial charge in [-0.05, 0) is 25.0 Å². The molecule has 6 heteroatoms. The van der Waals surface area contributed by atoms with Crippen molar-refractivity contribution in [1.82, 2.24) is 14.8 Å². The van der Waals surface area contributed by atoms with E-state index in [-0.39, 0.29) is 5.91 Å². The number of aryl methyl sites for hydroxylation is 1. The fourth-order valence-corrected chi connectivity index (χ4v) is 2.00. The Morgan fingerprint density at radius 3 is 2.89 bits per heavy atom. The summed E-state index contributed by atoms with van der Waals surface area (Å²) in [7, 11) is 1.82. The number of nitrogens with zero attached hydrogens (tertiary/aromatic N) is 3. The highest BCUT2D eigenvalue weighted by Crippen LogP contribution is 2.39. The molecule has 0 bridgehead atoms. The molecule has 0 atom stereocenters. The van der Waals surface area contributed by atoms with Crippen molar-refractivity contribution in [2.24, 2.45) is 7.05 Å². The van der Waals surface area contributed by atoms with Gasteiger partial charge in [0.25, 0.3) is 5.91 Å². The van der Waals surface area contributed by atoms with Crippen molar-refractivity contribution in [2.45, 2.75) is 18.8 Å². The number of anilines is 1. The van der Waals surface area contributed by atoms with Crippen LogP contribution in [0.1, 0.15) is 34.8 Å². The van der Waals surface area contributed by atoms with Crippen molar-refractivity contribution >= 4 is 23.3 Å². The molecule has 0 saturated heterocycles. The molecule has 1 aliphatic rings. The van der Waals surface area contributed by atoms with Gasteiger partial charge in [0.1, 0.15) is 11.0 Å². The number of halogens is 1. The topological polar surface area (TPSA) is 59.8 Å².